The number of hydrogen-bond acceptors (Lipinski definition) is 2. The molecule has 0 aromatic carbocycles. The lowest BCUT2D eigenvalue weighted by Gasteiger charge is -2.42. The molecule has 3 nitrogen and oxygen atoms in total. The largest absolute Gasteiger partial charge is 0.472 e. The molecule has 0 amide bonds. The van der Waals surface area contributed by atoms with Crippen molar-refractivity contribution in [2.45, 2.75) is 71.0 Å². The maximum Gasteiger partial charge on any atom is 0.382 e. The Bertz CT molecular complexity index is 378. The summed E-state index contributed by atoms with van der Waals surface area (Å²) in [6.07, 6.45) is 5.33. The van der Waals surface area contributed by atoms with Gasteiger partial charge in [0.15, 0.2) is 8.32 Å². The van der Waals surface area contributed by atoms with E-state index in [1.165, 1.54) is 0 Å². The van der Waals surface area contributed by atoms with Gasteiger partial charge in [-0.1, -0.05) is 53.5 Å². The molecule has 1 N–H and O–H groups in total. The van der Waals surface area contributed by atoms with E-state index in [0.717, 1.165) is 19.4 Å². The predicted octanol–water partition coefficient (Wildman–Crippen LogP) is 4.60. The van der Waals surface area contributed by atoms with E-state index in [1.807, 2.05) is 6.08 Å². The summed E-state index contributed by atoms with van der Waals surface area (Å²) < 4.78 is 6.43. The van der Waals surface area contributed by atoms with Crippen molar-refractivity contribution in [1.29, 1.82) is 0 Å². The SMILES string of the molecule is CC(C)[Si](OCCCC=CC#CC(=O)O)(C(C)C)C(C)C. The van der Waals surface area contributed by atoms with Gasteiger partial charge in [0.25, 0.3) is 0 Å². The molecule has 0 atom stereocenters. The zero-order valence-electron chi connectivity index (χ0n) is 14.3. The average molecular weight is 311 g/mol. The number of carboxylic acids is 1. The second-order valence-electron chi connectivity index (χ2n) is 6.29. The van der Waals surface area contributed by atoms with Crippen LogP contribution in [-0.4, -0.2) is 26.0 Å². The van der Waals surface area contributed by atoms with Crippen molar-refractivity contribution >= 4 is 14.3 Å². The van der Waals surface area contributed by atoms with Gasteiger partial charge in [0.1, 0.15) is 0 Å². The number of carbonyl (C=O) groups is 1. The first-order chi connectivity index (χ1) is 9.75. The fourth-order valence-corrected chi connectivity index (χ4v) is 8.69. The molecule has 0 fully saturated rings. The van der Waals surface area contributed by atoms with Crippen molar-refractivity contribution in [3.63, 3.8) is 0 Å². The lowest BCUT2D eigenvalue weighted by atomic mass is 10.3. The molecule has 0 aliphatic rings. The van der Waals surface area contributed by atoms with Crippen molar-refractivity contribution in [1.82, 2.24) is 0 Å². The number of aliphatic carboxylic acids is 1. The number of hydrogen-bond donors (Lipinski definition) is 1. The Morgan fingerprint density at radius 3 is 2.10 bits per heavy atom. The van der Waals surface area contributed by atoms with E-state index >= 15 is 0 Å². The molecule has 0 aliphatic carbocycles. The minimum Gasteiger partial charge on any atom is -0.472 e. The topological polar surface area (TPSA) is 46.5 Å². The van der Waals surface area contributed by atoms with Crippen LogP contribution < -0.4 is 0 Å². The minimum atomic E-state index is -1.75. The molecule has 0 saturated carbocycles. The van der Waals surface area contributed by atoms with E-state index < -0.39 is 14.3 Å². The highest BCUT2D eigenvalue weighted by Gasteiger charge is 2.44. The van der Waals surface area contributed by atoms with Crippen molar-refractivity contribution in [2.75, 3.05) is 6.61 Å². The summed E-state index contributed by atoms with van der Waals surface area (Å²) in [5.41, 5.74) is 1.82. The molecule has 0 spiro atoms. The van der Waals surface area contributed by atoms with E-state index in [-0.39, 0.29) is 0 Å². The molecule has 0 heterocycles. The molecular weight excluding hydrogens is 280 g/mol. The highest BCUT2D eigenvalue weighted by molar-refractivity contribution is 6.77. The van der Waals surface area contributed by atoms with Crippen LogP contribution in [0.3, 0.4) is 0 Å². The first-order valence-corrected chi connectivity index (χ1v) is 9.92. The van der Waals surface area contributed by atoms with E-state index in [1.54, 1.807) is 6.08 Å². The Balaban J connectivity index is 4.35. The van der Waals surface area contributed by atoms with Crippen LogP contribution in [0.25, 0.3) is 0 Å². The molecule has 21 heavy (non-hydrogen) atoms. The quantitative estimate of drug-likeness (QED) is 0.405. The van der Waals surface area contributed by atoms with Gasteiger partial charge < -0.3 is 9.53 Å². The third kappa shape index (κ3) is 6.49. The third-order valence-electron chi connectivity index (χ3n) is 3.95. The van der Waals surface area contributed by atoms with Crippen LogP contribution in [0.2, 0.25) is 16.6 Å². The van der Waals surface area contributed by atoms with Crippen LogP contribution in [0, 0.1) is 11.8 Å². The average Bonchev–Trinajstić information content (AvgIpc) is 2.35. The summed E-state index contributed by atoms with van der Waals surface area (Å²) in [5.74, 6) is 3.45. The Hall–Kier alpha value is -1.05. The second-order valence-corrected chi connectivity index (χ2v) is 11.7. The summed E-state index contributed by atoms with van der Waals surface area (Å²) in [4.78, 5) is 10.2. The fraction of sp³-hybridized carbons (Fsp3) is 0.706. The number of unbranched alkanes of at least 4 members (excludes halogenated alkanes) is 1. The molecule has 0 rings (SSSR count). The normalized spacial score (nSPS) is 12.2. The van der Waals surface area contributed by atoms with Crippen molar-refractivity contribution in [3.05, 3.63) is 12.2 Å². The molecule has 0 radical (unpaired) electrons. The van der Waals surface area contributed by atoms with Crippen LogP contribution in [-0.2, 0) is 9.22 Å². The highest BCUT2D eigenvalue weighted by atomic mass is 28.4. The van der Waals surface area contributed by atoms with E-state index in [9.17, 15) is 4.79 Å². The monoisotopic (exact) mass is 310 g/mol. The summed E-state index contributed by atoms with van der Waals surface area (Å²) in [6, 6.07) is 0. The Morgan fingerprint density at radius 1 is 1.14 bits per heavy atom. The van der Waals surface area contributed by atoms with Gasteiger partial charge in [0, 0.05) is 12.5 Å². The van der Waals surface area contributed by atoms with Gasteiger partial charge in [-0.3, -0.25) is 0 Å². The standard InChI is InChI=1S/C17H30O3Si/c1-14(2)21(15(3)4,16(5)6)20-13-11-9-7-8-10-12-17(18)19/h7-8,14-16H,9,11,13H2,1-6H3,(H,18,19). The molecular formula is C17H30O3Si. The van der Waals surface area contributed by atoms with Crippen molar-refractivity contribution in [2.24, 2.45) is 0 Å². The lowest BCUT2D eigenvalue weighted by Crippen LogP contribution is -2.47. The van der Waals surface area contributed by atoms with E-state index in [2.05, 4.69) is 53.4 Å². The van der Waals surface area contributed by atoms with Gasteiger partial charge in [-0.2, -0.15) is 0 Å². The van der Waals surface area contributed by atoms with Crippen LogP contribution in [0.4, 0.5) is 0 Å². The predicted molar refractivity (Wildman–Crippen MR) is 90.8 cm³/mol. The Morgan fingerprint density at radius 2 is 1.67 bits per heavy atom. The molecule has 0 unspecified atom stereocenters. The molecule has 120 valence electrons. The van der Waals surface area contributed by atoms with Gasteiger partial charge in [0.2, 0.25) is 0 Å². The molecule has 0 bridgehead atoms. The smallest absolute Gasteiger partial charge is 0.382 e. The highest BCUT2D eigenvalue weighted by Crippen LogP contribution is 2.42. The molecule has 0 aromatic rings. The van der Waals surface area contributed by atoms with Gasteiger partial charge in [-0.25, -0.2) is 4.79 Å². The van der Waals surface area contributed by atoms with Crippen LogP contribution in [0.1, 0.15) is 54.4 Å². The molecule has 0 aliphatic heterocycles. The zero-order chi connectivity index (χ0) is 16.5. The van der Waals surface area contributed by atoms with Gasteiger partial charge >= 0.3 is 5.97 Å². The number of carboxylic acid groups (broad SMARTS) is 1. The van der Waals surface area contributed by atoms with E-state index in [0.29, 0.717) is 16.6 Å². The first-order valence-electron chi connectivity index (χ1n) is 7.78. The maximum atomic E-state index is 10.2. The number of rotatable bonds is 8. The Kier molecular flexibility index (Phi) is 9.31. The third-order valence-corrected chi connectivity index (χ3v) is 10.1. The summed E-state index contributed by atoms with van der Waals surface area (Å²) in [6.45, 7) is 14.5. The zero-order valence-corrected chi connectivity index (χ0v) is 15.3. The first kappa shape index (κ1) is 19.9. The number of allylic oxidation sites excluding steroid dienone is 2. The Labute approximate surface area is 130 Å². The maximum absolute atomic E-state index is 10.2. The van der Waals surface area contributed by atoms with Gasteiger partial charge in [-0.15, -0.1) is 0 Å². The van der Waals surface area contributed by atoms with Crippen LogP contribution in [0.5, 0.6) is 0 Å². The summed E-state index contributed by atoms with van der Waals surface area (Å²) >= 11 is 0. The molecule has 4 heteroatoms. The molecule has 0 saturated heterocycles. The van der Waals surface area contributed by atoms with Crippen molar-refractivity contribution in [3.8, 4) is 11.8 Å². The van der Waals surface area contributed by atoms with Gasteiger partial charge in [0.05, 0.1) is 0 Å². The lowest BCUT2D eigenvalue weighted by molar-refractivity contribution is -0.130. The van der Waals surface area contributed by atoms with Crippen LogP contribution >= 0.6 is 0 Å². The van der Waals surface area contributed by atoms with Crippen LogP contribution in [0.15, 0.2) is 12.2 Å². The second kappa shape index (κ2) is 9.81. The summed E-state index contributed by atoms with van der Waals surface area (Å²) in [7, 11) is -1.75. The fourth-order valence-electron chi connectivity index (χ4n) is 3.20. The minimum absolute atomic E-state index is 0.606. The van der Waals surface area contributed by atoms with Gasteiger partial charge in [-0.05, 0) is 35.5 Å². The van der Waals surface area contributed by atoms with Crippen molar-refractivity contribution < 1.29 is 14.3 Å². The summed E-state index contributed by atoms with van der Waals surface area (Å²) in [5, 5.41) is 8.38. The molecule has 0 aromatic heterocycles. The van der Waals surface area contributed by atoms with E-state index in [4.69, 9.17) is 9.53 Å².